The van der Waals surface area contributed by atoms with Gasteiger partial charge < -0.3 is 5.73 Å². The predicted octanol–water partition coefficient (Wildman–Crippen LogP) is 4.52. The molecular formula is C15H19BrClN3. The Morgan fingerprint density at radius 2 is 2.05 bits per heavy atom. The topological polar surface area (TPSA) is 43.8 Å². The molecule has 20 heavy (non-hydrogen) atoms. The molecule has 0 unspecified atom stereocenters. The average Bonchev–Trinajstić information content (AvgIpc) is 2.56. The van der Waals surface area contributed by atoms with Crippen LogP contribution in [0, 0.1) is 5.41 Å². The van der Waals surface area contributed by atoms with Crippen LogP contribution < -0.4 is 5.73 Å². The summed E-state index contributed by atoms with van der Waals surface area (Å²) in [6.45, 7) is 7.18. The van der Waals surface area contributed by atoms with Gasteiger partial charge in [0.15, 0.2) is 0 Å². The molecule has 3 nitrogen and oxygen atoms in total. The van der Waals surface area contributed by atoms with Gasteiger partial charge in [0.1, 0.15) is 5.82 Å². The molecular weight excluding hydrogens is 338 g/mol. The molecule has 2 N–H and O–H groups in total. The Kier molecular flexibility index (Phi) is 4.45. The molecule has 0 radical (unpaired) electrons. The van der Waals surface area contributed by atoms with Gasteiger partial charge in [0.05, 0.1) is 16.7 Å². The van der Waals surface area contributed by atoms with E-state index in [4.69, 9.17) is 17.3 Å². The lowest BCUT2D eigenvalue weighted by Gasteiger charge is -2.16. The zero-order chi connectivity index (χ0) is 14.9. The molecule has 0 bridgehead atoms. The van der Waals surface area contributed by atoms with Gasteiger partial charge in [-0.15, -0.1) is 0 Å². The van der Waals surface area contributed by atoms with Crippen molar-refractivity contribution < 1.29 is 0 Å². The maximum Gasteiger partial charge on any atom is 0.136 e. The Morgan fingerprint density at radius 3 is 2.65 bits per heavy atom. The molecule has 1 heterocycles. The molecule has 1 aromatic carbocycles. The number of anilines is 1. The van der Waals surface area contributed by atoms with E-state index in [1.54, 1.807) is 0 Å². The van der Waals surface area contributed by atoms with Gasteiger partial charge in [0.25, 0.3) is 0 Å². The lowest BCUT2D eigenvalue weighted by atomic mass is 9.91. The third kappa shape index (κ3) is 3.76. The van der Waals surface area contributed by atoms with E-state index in [9.17, 15) is 0 Å². The summed E-state index contributed by atoms with van der Waals surface area (Å²) in [7, 11) is 0. The highest BCUT2D eigenvalue weighted by atomic mass is 79.9. The van der Waals surface area contributed by atoms with Crippen LogP contribution in [-0.4, -0.2) is 9.78 Å². The summed E-state index contributed by atoms with van der Waals surface area (Å²) in [6.07, 6.45) is 0.875. The smallest absolute Gasteiger partial charge is 0.136 e. The lowest BCUT2D eigenvalue weighted by molar-refractivity contribution is 0.403. The highest BCUT2D eigenvalue weighted by Gasteiger charge is 2.19. The number of rotatable bonds is 3. The van der Waals surface area contributed by atoms with Crippen LogP contribution in [0.15, 0.2) is 28.7 Å². The summed E-state index contributed by atoms with van der Waals surface area (Å²) in [5.41, 5.74) is 8.38. The quantitative estimate of drug-likeness (QED) is 0.878. The number of hydrogen-bond acceptors (Lipinski definition) is 2. The van der Waals surface area contributed by atoms with Gasteiger partial charge in [0.2, 0.25) is 0 Å². The molecule has 0 amide bonds. The van der Waals surface area contributed by atoms with Crippen molar-refractivity contribution in [1.29, 1.82) is 0 Å². The highest BCUT2D eigenvalue weighted by molar-refractivity contribution is 9.10. The summed E-state index contributed by atoms with van der Waals surface area (Å²) in [4.78, 5) is 0. The second-order valence-corrected chi connectivity index (χ2v) is 7.40. The van der Waals surface area contributed by atoms with Crippen molar-refractivity contribution in [3.05, 3.63) is 45.0 Å². The first kappa shape index (κ1) is 15.4. The number of nitrogens with zero attached hydrogens (tertiary/aromatic N) is 2. The molecule has 0 saturated heterocycles. The zero-order valence-electron chi connectivity index (χ0n) is 12.0. The van der Waals surface area contributed by atoms with Crippen molar-refractivity contribution >= 4 is 33.3 Å². The maximum absolute atomic E-state index is 6.13. The molecule has 0 aliphatic heterocycles. The first-order chi connectivity index (χ1) is 9.26. The molecule has 0 spiro atoms. The molecule has 2 aromatic rings. The molecule has 0 aliphatic rings. The van der Waals surface area contributed by atoms with E-state index in [0.29, 0.717) is 12.4 Å². The minimum Gasteiger partial charge on any atom is -0.383 e. The van der Waals surface area contributed by atoms with Crippen LogP contribution in [0.5, 0.6) is 0 Å². The number of benzene rings is 1. The second-order valence-electron chi connectivity index (χ2n) is 6.17. The summed E-state index contributed by atoms with van der Waals surface area (Å²) in [6, 6.07) is 7.74. The van der Waals surface area contributed by atoms with E-state index >= 15 is 0 Å². The van der Waals surface area contributed by atoms with E-state index in [1.165, 1.54) is 0 Å². The Morgan fingerprint density at radius 1 is 1.35 bits per heavy atom. The van der Waals surface area contributed by atoms with Crippen molar-refractivity contribution in [3.63, 3.8) is 0 Å². The first-order valence-corrected chi connectivity index (χ1v) is 7.68. The van der Waals surface area contributed by atoms with Gasteiger partial charge in [-0.05, 0) is 45.5 Å². The van der Waals surface area contributed by atoms with Gasteiger partial charge in [-0.1, -0.05) is 44.5 Å². The average molecular weight is 357 g/mol. The molecule has 2 rings (SSSR count). The van der Waals surface area contributed by atoms with Crippen LogP contribution in [-0.2, 0) is 13.0 Å². The first-order valence-electron chi connectivity index (χ1n) is 6.51. The highest BCUT2D eigenvalue weighted by Crippen LogP contribution is 2.30. The van der Waals surface area contributed by atoms with E-state index in [1.807, 2.05) is 28.9 Å². The Bertz CT molecular complexity index is 614. The van der Waals surface area contributed by atoms with E-state index in [0.717, 1.165) is 27.2 Å². The minimum absolute atomic E-state index is 0.171. The molecule has 0 saturated carbocycles. The van der Waals surface area contributed by atoms with Crippen molar-refractivity contribution in [2.45, 2.75) is 33.7 Å². The van der Waals surface area contributed by atoms with E-state index in [-0.39, 0.29) is 5.41 Å². The Hall–Kier alpha value is -1.00. The fraction of sp³-hybridized carbons (Fsp3) is 0.400. The summed E-state index contributed by atoms with van der Waals surface area (Å²) >= 11 is 9.55. The SMILES string of the molecule is CC(C)(C)Cc1nn(Cc2cccc(Cl)c2)c(N)c1Br. The Balaban J connectivity index is 2.27. The number of nitrogens with two attached hydrogens (primary N) is 1. The molecule has 0 fully saturated rings. The summed E-state index contributed by atoms with van der Waals surface area (Å²) < 4.78 is 2.71. The fourth-order valence-corrected chi connectivity index (χ4v) is 2.69. The number of aromatic nitrogens is 2. The third-order valence-electron chi connectivity index (χ3n) is 2.92. The van der Waals surface area contributed by atoms with E-state index in [2.05, 4.69) is 41.8 Å². The fourth-order valence-electron chi connectivity index (χ4n) is 2.05. The second kappa shape index (κ2) is 5.78. The normalized spacial score (nSPS) is 11.8. The zero-order valence-corrected chi connectivity index (χ0v) is 14.3. The van der Waals surface area contributed by atoms with Crippen LogP contribution in [0.1, 0.15) is 32.0 Å². The molecule has 0 atom stereocenters. The van der Waals surface area contributed by atoms with Crippen LogP contribution in [0.4, 0.5) is 5.82 Å². The van der Waals surface area contributed by atoms with Crippen molar-refractivity contribution in [2.75, 3.05) is 5.73 Å². The molecule has 108 valence electrons. The minimum atomic E-state index is 0.171. The number of halogens is 2. The maximum atomic E-state index is 6.13. The van der Waals surface area contributed by atoms with Gasteiger partial charge in [-0.3, -0.25) is 0 Å². The van der Waals surface area contributed by atoms with Gasteiger partial charge in [-0.2, -0.15) is 5.10 Å². The lowest BCUT2D eigenvalue weighted by Crippen LogP contribution is -2.11. The van der Waals surface area contributed by atoms with Crippen molar-refractivity contribution in [2.24, 2.45) is 5.41 Å². The standard InChI is InChI=1S/C15H19BrClN3/c1-15(2,3)8-12-13(16)14(18)20(19-12)9-10-5-4-6-11(17)7-10/h4-7H,8-9,18H2,1-3H3. The number of hydrogen-bond donors (Lipinski definition) is 1. The monoisotopic (exact) mass is 355 g/mol. The van der Waals surface area contributed by atoms with Crippen LogP contribution >= 0.6 is 27.5 Å². The largest absolute Gasteiger partial charge is 0.383 e. The third-order valence-corrected chi connectivity index (χ3v) is 4.02. The van der Waals surface area contributed by atoms with E-state index < -0.39 is 0 Å². The summed E-state index contributed by atoms with van der Waals surface area (Å²) in [5, 5.41) is 5.35. The molecule has 5 heteroatoms. The van der Waals surface area contributed by atoms with Gasteiger partial charge in [0, 0.05) is 5.02 Å². The number of nitrogen functional groups attached to an aromatic ring is 1. The van der Waals surface area contributed by atoms with Crippen LogP contribution in [0.25, 0.3) is 0 Å². The molecule has 1 aromatic heterocycles. The van der Waals surface area contributed by atoms with Crippen LogP contribution in [0.3, 0.4) is 0 Å². The summed E-state index contributed by atoms with van der Waals surface area (Å²) in [5.74, 6) is 0.657. The van der Waals surface area contributed by atoms with Gasteiger partial charge in [-0.25, -0.2) is 4.68 Å². The van der Waals surface area contributed by atoms with Gasteiger partial charge >= 0.3 is 0 Å². The Labute approximate surface area is 133 Å². The molecule has 0 aliphatic carbocycles. The predicted molar refractivity (Wildman–Crippen MR) is 88.1 cm³/mol. The van der Waals surface area contributed by atoms with Crippen LogP contribution in [0.2, 0.25) is 5.02 Å². The van der Waals surface area contributed by atoms with Crippen molar-refractivity contribution in [3.8, 4) is 0 Å². The van der Waals surface area contributed by atoms with Crippen molar-refractivity contribution in [1.82, 2.24) is 9.78 Å².